The quantitative estimate of drug-likeness (QED) is 0.693. The fraction of sp³-hybridized carbons (Fsp3) is 0.364. The van der Waals surface area contributed by atoms with Gasteiger partial charge in [0.25, 0.3) is 17.7 Å². The highest BCUT2D eigenvalue weighted by Gasteiger charge is 2.43. The van der Waals surface area contributed by atoms with Gasteiger partial charge in [0.05, 0.1) is 16.7 Å². The molecule has 1 aromatic heterocycles. The van der Waals surface area contributed by atoms with E-state index >= 15 is 0 Å². The minimum atomic E-state index is -0.977. The van der Waals surface area contributed by atoms with Gasteiger partial charge in [-0.15, -0.1) is 11.3 Å². The van der Waals surface area contributed by atoms with Crippen LogP contribution in [0.15, 0.2) is 24.3 Å². The molecule has 8 heteroatoms. The molecule has 0 bridgehead atoms. The van der Waals surface area contributed by atoms with Crippen molar-refractivity contribution < 1.29 is 19.2 Å². The molecule has 2 aromatic rings. The van der Waals surface area contributed by atoms with Crippen molar-refractivity contribution in [2.24, 2.45) is 11.7 Å². The Bertz CT molecular complexity index is 1040. The highest BCUT2D eigenvalue weighted by atomic mass is 32.1. The van der Waals surface area contributed by atoms with Gasteiger partial charge in [0, 0.05) is 4.88 Å². The van der Waals surface area contributed by atoms with E-state index in [4.69, 9.17) is 5.73 Å². The number of nitrogens with one attached hydrogen (secondary N) is 1. The maximum absolute atomic E-state index is 13.3. The number of aryl methyl sites for hydroxylation is 1. The Balaban J connectivity index is 1.66. The van der Waals surface area contributed by atoms with Crippen LogP contribution in [0.5, 0.6) is 0 Å². The lowest BCUT2D eigenvalue weighted by Crippen LogP contribution is -2.48. The summed E-state index contributed by atoms with van der Waals surface area (Å²) in [6.45, 7) is 3.85. The first-order valence-electron chi connectivity index (χ1n) is 10.0. The molecule has 0 fully saturated rings. The fourth-order valence-electron chi connectivity index (χ4n) is 4.22. The largest absolute Gasteiger partial charge is 0.365 e. The van der Waals surface area contributed by atoms with Crippen LogP contribution in [0.3, 0.4) is 0 Å². The predicted molar refractivity (Wildman–Crippen MR) is 114 cm³/mol. The molecule has 156 valence electrons. The molecule has 0 saturated heterocycles. The number of hydrogen-bond donors (Lipinski definition) is 2. The van der Waals surface area contributed by atoms with Crippen LogP contribution in [-0.4, -0.2) is 34.6 Å². The number of anilines is 1. The van der Waals surface area contributed by atoms with Gasteiger partial charge in [-0.3, -0.25) is 24.1 Å². The first-order valence-corrected chi connectivity index (χ1v) is 10.8. The second-order valence-electron chi connectivity index (χ2n) is 8.09. The van der Waals surface area contributed by atoms with E-state index < -0.39 is 29.7 Å². The third kappa shape index (κ3) is 3.31. The van der Waals surface area contributed by atoms with E-state index in [2.05, 4.69) is 5.32 Å². The number of carbonyl (C=O) groups excluding carboxylic acids is 4. The van der Waals surface area contributed by atoms with Crippen LogP contribution in [0.2, 0.25) is 0 Å². The Morgan fingerprint density at radius 2 is 1.77 bits per heavy atom. The minimum absolute atomic E-state index is 0.0639. The van der Waals surface area contributed by atoms with Gasteiger partial charge in [0.1, 0.15) is 11.0 Å². The molecule has 0 saturated carbocycles. The average molecular weight is 426 g/mol. The summed E-state index contributed by atoms with van der Waals surface area (Å²) in [6, 6.07) is 5.59. The SMILES string of the molecule is CC(C)C[C@H](C(=O)Nc1sc2c(c1C(N)=O)CCC2)N1C(=O)c2ccccc2C1=O. The highest BCUT2D eigenvalue weighted by Crippen LogP contribution is 2.39. The molecule has 1 atom stereocenters. The molecule has 30 heavy (non-hydrogen) atoms. The number of rotatable bonds is 6. The van der Waals surface area contributed by atoms with Crippen LogP contribution >= 0.6 is 11.3 Å². The zero-order chi connectivity index (χ0) is 21.6. The smallest absolute Gasteiger partial charge is 0.262 e. The molecule has 4 rings (SSSR count). The van der Waals surface area contributed by atoms with Crippen molar-refractivity contribution in [3.05, 3.63) is 51.4 Å². The Labute approximate surface area is 178 Å². The van der Waals surface area contributed by atoms with E-state index in [1.165, 1.54) is 11.3 Å². The number of nitrogens with two attached hydrogens (primary N) is 1. The van der Waals surface area contributed by atoms with Gasteiger partial charge in [-0.1, -0.05) is 26.0 Å². The van der Waals surface area contributed by atoms with E-state index in [0.29, 0.717) is 28.1 Å². The Morgan fingerprint density at radius 1 is 1.13 bits per heavy atom. The van der Waals surface area contributed by atoms with E-state index in [1.807, 2.05) is 13.8 Å². The second-order valence-corrected chi connectivity index (χ2v) is 9.19. The van der Waals surface area contributed by atoms with Gasteiger partial charge < -0.3 is 11.1 Å². The molecule has 4 amide bonds. The molecule has 0 unspecified atom stereocenters. The van der Waals surface area contributed by atoms with Crippen LogP contribution in [0, 0.1) is 5.92 Å². The lowest BCUT2D eigenvalue weighted by atomic mass is 10.0. The molecule has 3 N–H and O–H groups in total. The van der Waals surface area contributed by atoms with Crippen molar-refractivity contribution in [2.75, 3.05) is 5.32 Å². The molecular weight excluding hydrogens is 402 g/mol. The van der Waals surface area contributed by atoms with Crippen LogP contribution in [-0.2, 0) is 17.6 Å². The van der Waals surface area contributed by atoms with Crippen LogP contribution in [0.4, 0.5) is 5.00 Å². The summed E-state index contributed by atoms with van der Waals surface area (Å²) in [6.07, 6.45) is 2.88. The molecule has 7 nitrogen and oxygen atoms in total. The fourth-order valence-corrected chi connectivity index (χ4v) is 5.51. The van der Waals surface area contributed by atoms with Crippen molar-refractivity contribution in [1.29, 1.82) is 0 Å². The molecule has 2 heterocycles. The summed E-state index contributed by atoms with van der Waals surface area (Å²) in [5.74, 6) is -1.94. The lowest BCUT2D eigenvalue weighted by molar-refractivity contribution is -0.120. The van der Waals surface area contributed by atoms with E-state index in [1.54, 1.807) is 24.3 Å². The van der Waals surface area contributed by atoms with Gasteiger partial charge in [-0.25, -0.2) is 0 Å². The van der Waals surface area contributed by atoms with Gasteiger partial charge >= 0.3 is 0 Å². The molecule has 0 radical (unpaired) electrons. The van der Waals surface area contributed by atoms with Crippen LogP contribution < -0.4 is 11.1 Å². The van der Waals surface area contributed by atoms with E-state index in [-0.39, 0.29) is 5.92 Å². The summed E-state index contributed by atoms with van der Waals surface area (Å²) in [5.41, 5.74) is 7.45. The monoisotopic (exact) mass is 425 g/mol. The normalized spacial score (nSPS) is 16.0. The zero-order valence-electron chi connectivity index (χ0n) is 16.9. The van der Waals surface area contributed by atoms with Crippen molar-refractivity contribution in [2.45, 2.75) is 45.6 Å². The first kappa shape index (κ1) is 20.3. The predicted octanol–water partition coefficient (Wildman–Crippen LogP) is 2.99. The van der Waals surface area contributed by atoms with Gasteiger partial charge in [0.15, 0.2) is 0 Å². The zero-order valence-corrected chi connectivity index (χ0v) is 17.7. The van der Waals surface area contributed by atoms with Crippen molar-refractivity contribution >= 4 is 40.0 Å². The van der Waals surface area contributed by atoms with E-state index in [9.17, 15) is 19.2 Å². The van der Waals surface area contributed by atoms with Crippen LogP contribution in [0.1, 0.15) is 68.2 Å². The maximum atomic E-state index is 13.3. The summed E-state index contributed by atoms with van der Waals surface area (Å²) < 4.78 is 0. The Morgan fingerprint density at radius 3 is 2.33 bits per heavy atom. The average Bonchev–Trinajstić information content (AvgIpc) is 3.33. The molecular formula is C22H23N3O4S. The van der Waals surface area contributed by atoms with Crippen molar-refractivity contribution in [3.63, 3.8) is 0 Å². The Hall–Kier alpha value is -3.00. The number of benzene rings is 1. The number of hydrogen-bond acceptors (Lipinski definition) is 5. The van der Waals surface area contributed by atoms with Crippen molar-refractivity contribution in [1.82, 2.24) is 4.90 Å². The first-order chi connectivity index (χ1) is 14.3. The number of nitrogens with zero attached hydrogens (tertiary/aromatic N) is 1. The lowest BCUT2D eigenvalue weighted by Gasteiger charge is -2.26. The highest BCUT2D eigenvalue weighted by molar-refractivity contribution is 7.17. The summed E-state index contributed by atoms with van der Waals surface area (Å²) in [5, 5.41) is 3.21. The molecule has 2 aliphatic rings. The molecule has 0 spiro atoms. The standard InChI is InChI=1S/C22H23N3O4S/c1-11(2)10-15(25-21(28)12-6-3-4-7-13(12)22(25)29)19(27)24-20-17(18(23)26)14-8-5-9-16(14)30-20/h3-4,6-7,11,15H,5,8-10H2,1-2H3,(H2,23,26)(H,24,27)/t15-/m1/s1. The minimum Gasteiger partial charge on any atom is -0.365 e. The number of fused-ring (bicyclic) bond motifs is 2. The molecule has 1 aliphatic carbocycles. The summed E-state index contributed by atoms with van der Waals surface area (Å²) in [4.78, 5) is 53.3. The maximum Gasteiger partial charge on any atom is 0.262 e. The second kappa shape index (κ2) is 7.68. The number of amides is 4. The van der Waals surface area contributed by atoms with E-state index in [0.717, 1.165) is 34.6 Å². The summed E-state index contributed by atoms with van der Waals surface area (Å²) >= 11 is 1.35. The van der Waals surface area contributed by atoms with Gasteiger partial charge in [-0.2, -0.15) is 0 Å². The molecule has 1 aliphatic heterocycles. The van der Waals surface area contributed by atoms with Gasteiger partial charge in [-0.05, 0) is 49.3 Å². The van der Waals surface area contributed by atoms with Gasteiger partial charge in [0.2, 0.25) is 5.91 Å². The topological polar surface area (TPSA) is 110 Å². The third-order valence-electron chi connectivity index (χ3n) is 5.54. The summed E-state index contributed by atoms with van der Waals surface area (Å²) in [7, 11) is 0. The van der Waals surface area contributed by atoms with Crippen molar-refractivity contribution in [3.8, 4) is 0 Å². The Kier molecular flexibility index (Phi) is 5.19. The van der Waals surface area contributed by atoms with Crippen LogP contribution in [0.25, 0.3) is 0 Å². The molecule has 1 aromatic carbocycles. The number of carbonyl (C=O) groups is 4. The number of thiophene rings is 1. The number of imide groups is 1. The third-order valence-corrected chi connectivity index (χ3v) is 6.75. The number of primary amides is 1.